The van der Waals surface area contributed by atoms with Crippen molar-refractivity contribution in [2.45, 2.75) is 25.3 Å². The van der Waals surface area contributed by atoms with E-state index in [2.05, 4.69) is 14.7 Å². The van der Waals surface area contributed by atoms with Crippen molar-refractivity contribution in [3.05, 3.63) is 41.5 Å². The maximum atomic E-state index is 12.3. The molecule has 2 aromatic rings. The number of nitrogens with zero attached hydrogens (tertiary/aromatic N) is 1. The van der Waals surface area contributed by atoms with Crippen LogP contribution in [0.1, 0.15) is 17.0 Å². The molecule has 0 fully saturated rings. The third-order valence-corrected chi connectivity index (χ3v) is 4.59. The molecule has 102 valence electrons. The molecule has 0 saturated carbocycles. The van der Waals surface area contributed by atoms with E-state index in [1.54, 1.807) is 38.4 Å². The van der Waals surface area contributed by atoms with Crippen LogP contribution in [0, 0.1) is 13.8 Å². The third kappa shape index (κ3) is 2.77. The highest BCUT2D eigenvalue weighted by Gasteiger charge is 2.20. The van der Waals surface area contributed by atoms with E-state index in [9.17, 15) is 8.42 Å². The fourth-order valence-electron chi connectivity index (χ4n) is 1.89. The van der Waals surface area contributed by atoms with E-state index in [0.29, 0.717) is 22.6 Å². The predicted molar refractivity (Wildman–Crippen MR) is 72.9 cm³/mol. The van der Waals surface area contributed by atoms with Crippen LogP contribution >= 0.6 is 0 Å². The topological polar surface area (TPSA) is 101 Å². The summed E-state index contributed by atoms with van der Waals surface area (Å²) in [5.41, 5.74) is 7.46. The van der Waals surface area contributed by atoms with Crippen molar-refractivity contribution in [3.8, 4) is 0 Å². The molecule has 4 N–H and O–H groups in total. The number of hydrogen-bond acceptors (Lipinski definition) is 4. The summed E-state index contributed by atoms with van der Waals surface area (Å²) < 4.78 is 27.1. The van der Waals surface area contributed by atoms with Crippen LogP contribution in [0.2, 0.25) is 0 Å². The Balaban J connectivity index is 2.32. The number of nitrogens with one attached hydrogen (secondary N) is 2. The fourth-order valence-corrected chi connectivity index (χ4v) is 3.37. The molecule has 7 heteroatoms. The summed E-state index contributed by atoms with van der Waals surface area (Å²) in [4.78, 5) is 7.04. The quantitative estimate of drug-likeness (QED) is 0.730. The lowest BCUT2D eigenvalue weighted by Crippen LogP contribution is -2.25. The largest absolute Gasteiger partial charge is 0.398 e. The minimum atomic E-state index is -3.61. The second kappa shape index (κ2) is 5.02. The van der Waals surface area contributed by atoms with Crippen molar-refractivity contribution in [1.29, 1.82) is 0 Å². The van der Waals surface area contributed by atoms with Crippen LogP contribution in [-0.2, 0) is 16.6 Å². The molecular weight excluding hydrogens is 264 g/mol. The number of aryl methyl sites for hydroxylation is 1. The highest BCUT2D eigenvalue weighted by atomic mass is 32.2. The zero-order valence-corrected chi connectivity index (χ0v) is 11.6. The summed E-state index contributed by atoms with van der Waals surface area (Å²) in [7, 11) is -3.61. The van der Waals surface area contributed by atoms with Crippen LogP contribution in [0.4, 0.5) is 5.69 Å². The van der Waals surface area contributed by atoms with Crippen LogP contribution in [-0.4, -0.2) is 18.4 Å². The van der Waals surface area contributed by atoms with E-state index in [1.807, 2.05) is 0 Å². The van der Waals surface area contributed by atoms with Crippen molar-refractivity contribution in [3.63, 3.8) is 0 Å². The van der Waals surface area contributed by atoms with Crippen LogP contribution in [0.5, 0.6) is 0 Å². The average Bonchev–Trinajstić information content (AvgIpc) is 2.85. The highest BCUT2D eigenvalue weighted by molar-refractivity contribution is 7.89. The number of anilines is 1. The molecular formula is C12H16N4O2S. The number of aromatic nitrogens is 2. The number of aromatic amines is 1. The lowest BCUT2D eigenvalue weighted by Gasteiger charge is -2.13. The number of nitrogens with two attached hydrogens (primary N) is 1. The number of H-pyrrole nitrogens is 1. The van der Waals surface area contributed by atoms with E-state index < -0.39 is 10.0 Å². The van der Waals surface area contributed by atoms with Crippen LogP contribution < -0.4 is 10.5 Å². The molecule has 1 heterocycles. The molecule has 0 amide bonds. The normalized spacial score (nSPS) is 11.7. The number of nitrogen functional groups attached to an aromatic ring is 1. The van der Waals surface area contributed by atoms with E-state index in [-0.39, 0.29) is 11.4 Å². The molecule has 0 aliphatic carbocycles. The monoisotopic (exact) mass is 280 g/mol. The van der Waals surface area contributed by atoms with E-state index in [0.717, 1.165) is 0 Å². The Morgan fingerprint density at radius 3 is 2.74 bits per heavy atom. The Kier molecular flexibility index (Phi) is 3.59. The van der Waals surface area contributed by atoms with Gasteiger partial charge in [-0.15, -0.1) is 0 Å². The first-order valence-electron chi connectivity index (χ1n) is 5.75. The Morgan fingerprint density at radius 1 is 1.37 bits per heavy atom. The Bertz CT molecular complexity index is 678. The van der Waals surface area contributed by atoms with E-state index >= 15 is 0 Å². The molecule has 0 bridgehead atoms. The maximum absolute atomic E-state index is 12.3. The summed E-state index contributed by atoms with van der Waals surface area (Å²) in [5, 5.41) is 0. The van der Waals surface area contributed by atoms with Gasteiger partial charge >= 0.3 is 0 Å². The Morgan fingerprint density at radius 2 is 2.11 bits per heavy atom. The zero-order valence-electron chi connectivity index (χ0n) is 10.8. The summed E-state index contributed by atoms with van der Waals surface area (Å²) >= 11 is 0. The summed E-state index contributed by atoms with van der Waals surface area (Å²) in [6, 6.07) is 3.40. The summed E-state index contributed by atoms with van der Waals surface area (Å²) in [6.45, 7) is 3.56. The smallest absolute Gasteiger partial charge is 0.241 e. The number of sulfonamides is 1. The third-order valence-electron chi connectivity index (χ3n) is 2.90. The molecule has 0 spiro atoms. The van der Waals surface area contributed by atoms with Crippen molar-refractivity contribution in [2.24, 2.45) is 0 Å². The first kappa shape index (κ1) is 13.6. The van der Waals surface area contributed by atoms with Crippen molar-refractivity contribution < 1.29 is 8.42 Å². The molecule has 0 unspecified atom stereocenters. The van der Waals surface area contributed by atoms with Gasteiger partial charge in [-0.3, -0.25) is 0 Å². The lowest BCUT2D eigenvalue weighted by molar-refractivity contribution is 0.578. The van der Waals surface area contributed by atoms with Crippen molar-refractivity contribution in [1.82, 2.24) is 14.7 Å². The SMILES string of the molecule is Cc1ccc(N)c(C)c1S(=O)(=O)NCc1ncc[nH]1. The van der Waals surface area contributed by atoms with Gasteiger partial charge in [-0.1, -0.05) is 6.07 Å². The van der Waals surface area contributed by atoms with Gasteiger partial charge in [0.1, 0.15) is 5.82 Å². The Hall–Kier alpha value is -1.86. The molecule has 6 nitrogen and oxygen atoms in total. The van der Waals surface area contributed by atoms with Crippen LogP contribution in [0.3, 0.4) is 0 Å². The standard InChI is InChI=1S/C12H16N4O2S/c1-8-3-4-10(13)9(2)12(8)19(17,18)16-7-11-14-5-6-15-11/h3-6,16H,7,13H2,1-2H3,(H,14,15). The first-order valence-corrected chi connectivity index (χ1v) is 7.24. The second-order valence-corrected chi connectivity index (χ2v) is 5.99. The molecule has 2 rings (SSSR count). The predicted octanol–water partition coefficient (Wildman–Crippen LogP) is 1.09. The molecule has 0 radical (unpaired) electrons. The summed E-state index contributed by atoms with van der Waals surface area (Å²) in [5.74, 6) is 0.558. The molecule has 1 aromatic heterocycles. The van der Waals surface area contributed by atoms with Gasteiger partial charge in [0.25, 0.3) is 0 Å². The van der Waals surface area contributed by atoms with Gasteiger partial charge < -0.3 is 10.7 Å². The van der Waals surface area contributed by atoms with Gasteiger partial charge in [0.2, 0.25) is 10.0 Å². The van der Waals surface area contributed by atoms with Gasteiger partial charge in [-0.05, 0) is 31.0 Å². The van der Waals surface area contributed by atoms with Crippen molar-refractivity contribution >= 4 is 15.7 Å². The molecule has 1 aromatic carbocycles. The summed E-state index contributed by atoms with van der Waals surface area (Å²) in [6.07, 6.45) is 3.21. The molecule has 0 saturated heterocycles. The Labute approximate surface area is 112 Å². The van der Waals surface area contributed by atoms with E-state index in [4.69, 9.17) is 5.73 Å². The number of rotatable bonds is 4. The van der Waals surface area contributed by atoms with Crippen LogP contribution in [0.25, 0.3) is 0 Å². The molecule has 0 aliphatic heterocycles. The lowest BCUT2D eigenvalue weighted by atomic mass is 10.1. The van der Waals surface area contributed by atoms with Gasteiger partial charge in [-0.25, -0.2) is 18.1 Å². The molecule has 0 aliphatic rings. The van der Waals surface area contributed by atoms with Gasteiger partial charge in [0, 0.05) is 18.1 Å². The average molecular weight is 280 g/mol. The maximum Gasteiger partial charge on any atom is 0.241 e. The fraction of sp³-hybridized carbons (Fsp3) is 0.250. The molecule has 19 heavy (non-hydrogen) atoms. The highest BCUT2D eigenvalue weighted by Crippen LogP contribution is 2.24. The minimum absolute atomic E-state index is 0.114. The van der Waals surface area contributed by atoms with E-state index in [1.165, 1.54) is 0 Å². The number of imidazole rings is 1. The molecule has 0 atom stereocenters. The van der Waals surface area contributed by atoms with Crippen molar-refractivity contribution in [2.75, 3.05) is 5.73 Å². The first-order chi connectivity index (χ1) is 8.92. The minimum Gasteiger partial charge on any atom is -0.398 e. The van der Waals surface area contributed by atoms with Gasteiger partial charge in [-0.2, -0.15) is 0 Å². The number of hydrogen-bond donors (Lipinski definition) is 3. The van der Waals surface area contributed by atoms with Crippen LogP contribution in [0.15, 0.2) is 29.4 Å². The van der Waals surface area contributed by atoms with Gasteiger partial charge in [0.05, 0.1) is 11.4 Å². The van der Waals surface area contributed by atoms with Gasteiger partial charge in [0.15, 0.2) is 0 Å². The second-order valence-electron chi connectivity index (χ2n) is 4.29. The number of benzene rings is 1. The zero-order chi connectivity index (χ0) is 14.0.